The maximum Gasteiger partial charge on any atom is 0.271 e. The van der Waals surface area contributed by atoms with E-state index in [4.69, 9.17) is 4.74 Å². The zero-order chi connectivity index (χ0) is 15.4. The van der Waals surface area contributed by atoms with Crippen molar-refractivity contribution in [2.75, 3.05) is 26.0 Å². The van der Waals surface area contributed by atoms with Crippen molar-refractivity contribution in [3.8, 4) is 0 Å². The molecule has 0 saturated heterocycles. The molecule has 1 amide bonds. The molecule has 2 rings (SSSR count). The van der Waals surface area contributed by atoms with Crippen LogP contribution in [0.1, 0.15) is 17.3 Å². The lowest BCUT2D eigenvalue weighted by atomic mass is 10.2. The number of amidine groups is 1. The fourth-order valence-electron chi connectivity index (χ4n) is 1.68. The number of rotatable bonds is 3. The van der Waals surface area contributed by atoms with Crippen LogP contribution in [-0.2, 0) is 15.9 Å². The Labute approximate surface area is 125 Å². The van der Waals surface area contributed by atoms with E-state index >= 15 is 0 Å². The van der Waals surface area contributed by atoms with Crippen molar-refractivity contribution >= 4 is 34.5 Å². The lowest BCUT2D eigenvalue weighted by molar-refractivity contribution is 0.0827. The molecule has 1 heterocycles. The molecular weight excluding hydrogens is 292 g/mol. The summed E-state index contributed by atoms with van der Waals surface area (Å²) in [4.78, 5) is 13.4. The summed E-state index contributed by atoms with van der Waals surface area (Å²) in [5, 5.41) is 2.97. The Morgan fingerprint density at radius 3 is 2.81 bits per heavy atom. The van der Waals surface area contributed by atoms with Gasteiger partial charge in [0.05, 0.1) is 6.61 Å². The van der Waals surface area contributed by atoms with Crippen molar-refractivity contribution in [1.82, 2.24) is 4.90 Å². The van der Waals surface area contributed by atoms with Gasteiger partial charge in [-0.25, -0.2) is 4.21 Å². The third-order valence-corrected chi connectivity index (χ3v) is 3.25. The second kappa shape index (κ2) is 6.49. The van der Waals surface area contributed by atoms with Gasteiger partial charge in [-0.05, 0) is 25.1 Å². The Morgan fingerprint density at radius 2 is 2.14 bits per heavy atom. The minimum atomic E-state index is -1.67. The molecule has 8 heteroatoms. The van der Waals surface area contributed by atoms with Gasteiger partial charge in [-0.1, -0.05) is 6.07 Å². The Morgan fingerprint density at radius 1 is 1.38 bits per heavy atom. The van der Waals surface area contributed by atoms with Gasteiger partial charge in [0.25, 0.3) is 23.0 Å². The first kappa shape index (κ1) is 15.2. The molecular formula is C13H16N4O3S. The van der Waals surface area contributed by atoms with E-state index in [1.807, 2.05) is 0 Å². The molecule has 112 valence electrons. The molecule has 1 aromatic rings. The van der Waals surface area contributed by atoms with Gasteiger partial charge in [-0.2, -0.15) is 0 Å². The lowest BCUT2D eigenvalue weighted by Crippen LogP contribution is -2.24. The summed E-state index contributed by atoms with van der Waals surface area (Å²) in [7, 11) is 3.37. The molecule has 0 radical (unpaired) electrons. The first-order valence-corrected chi connectivity index (χ1v) is 7.39. The summed E-state index contributed by atoms with van der Waals surface area (Å²) in [6.07, 6.45) is 0. The lowest BCUT2D eigenvalue weighted by Gasteiger charge is -2.12. The minimum Gasteiger partial charge on any atom is -0.475 e. The van der Waals surface area contributed by atoms with Gasteiger partial charge in [-0.15, -0.1) is 8.80 Å². The van der Waals surface area contributed by atoms with Crippen LogP contribution in [0.3, 0.4) is 0 Å². The van der Waals surface area contributed by atoms with Crippen molar-refractivity contribution in [3.05, 3.63) is 29.8 Å². The van der Waals surface area contributed by atoms with Crippen LogP contribution in [0, 0.1) is 0 Å². The van der Waals surface area contributed by atoms with Crippen LogP contribution in [0.4, 0.5) is 5.69 Å². The predicted octanol–water partition coefficient (Wildman–Crippen LogP) is 1.23. The molecule has 0 aromatic heterocycles. The van der Waals surface area contributed by atoms with E-state index < -0.39 is 11.2 Å². The van der Waals surface area contributed by atoms with Gasteiger partial charge < -0.3 is 15.0 Å². The highest BCUT2D eigenvalue weighted by Crippen LogP contribution is 2.14. The van der Waals surface area contributed by atoms with Gasteiger partial charge in [0.1, 0.15) is 0 Å². The summed E-state index contributed by atoms with van der Waals surface area (Å²) in [5.74, 6) is 0.402. The quantitative estimate of drug-likeness (QED) is 0.910. The number of ether oxygens (including phenoxy) is 1. The van der Waals surface area contributed by atoms with Crippen molar-refractivity contribution in [2.45, 2.75) is 6.92 Å². The summed E-state index contributed by atoms with van der Waals surface area (Å²) < 4.78 is 24.2. The van der Waals surface area contributed by atoms with Crippen molar-refractivity contribution in [3.63, 3.8) is 0 Å². The van der Waals surface area contributed by atoms with Crippen molar-refractivity contribution < 1.29 is 13.7 Å². The Balaban J connectivity index is 2.19. The van der Waals surface area contributed by atoms with E-state index in [-0.39, 0.29) is 11.8 Å². The number of carbonyl (C=O) groups excluding carboxylic acids is 1. The van der Waals surface area contributed by atoms with Gasteiger partial charge in [0, 0.05) is 25.3 Å². The van der Waals surface area contributed by atoms with Crippen molar-refractivity contribution in [2.24, 2.45) is 8.80 Å². The maximum absolute atomic E-state index is 11.9. The molecule has 1 unspecified atom stereocenters. The highest BCUT2D eigenvalue weighted by molar-refractivity contribution is 7.83. The SMILES string of the molecule is CCOC1=NS(=O)N=C1Nc1cccc(C(=O)N(C)C)c1. The van der Waals surface area contributed by atoms with Crippen LogP contribution in [0.2, 0.25) is 0 Å². The number of anilines is 1. The molecule has 0 saturated carbocycles. The topological polar surface area (TPSA) is 83.4 Å². The van der Waals surface area contributed by atoms with Crippen LogP contribution in [0.15, 0.2) is 33.1 Å². The van der Waals surface area contributed by atoms with Gasteiger partial charge in [0.15, 0.2) is 0 Å². The Bertz CT molecular complexity index is 640. The number of hydrogen-bond donors (Lipinski definition) is 1. The molecule has 1 N–H and O–H groups in total. The summed E-state index contributed by atoms with van der Waals surface area (Å²) in [5.41, 5.74) is 1.19. The largest absolute Gasteiger partial charge is 0.475 e. The van der Waals surface area contributed by atoms with Gasteiger partial charge in [-0.3, -0.25) is 4.79 Å². The van der Waals surface area contributed by atoms with E-state index in [2.05, 4.69) is 14.1 Å². The van der Waals surface area contributed by atoms with E-state index in [0.29, 0.717) is 23.7 Å². The molecule has 0 bridgehead atoms. The summed E-state index contributed by atoms with van der Waals surface area (Å²) >= 11 is -1.67. The molecule has 1 aliphatic heterocycles. The number of amides is 1. The van der Waals surface area contributed by atoms with Crippen LogP contribution < -0.4 is 5.32 Å². The number of benzene rings is 1. The molecule has 7 nitrogen and oxygen atoms in total. The monoisotopic (exact) mass is 308 g/mol. The number of nitrogens with one attached hydrogen (secondary N) is 1. The summed E-state index contributed by atoms with van der Waals surface area (Å²) in [6.45, 7) is 2.20. The number of nitrogens with zero attached hydrogens (tertiary/aromatic N) is 3. The molecule has 0 spiro atoms. The van der Waals surface area contributed by atoms with E-state index in [9.17, 15) is 9.00 Å². The summed E-state index contributed by atoms with van der Waals surface area (Å²) in [6, 6.07) is 6.94. The zero-order valence-corrected chi connectivity index (χ0v) is 12.8. The van der Waals surface area contributed by atoms with Crippen LogP contribution in [0.25, 0.3) is 0 Å². The van der Waals surface area contributed by atoms with Gasteiger partial charge >= 0.3 is 0 Å². The number of carbonyl (C=O) groups is 1. The molecule has 1 atom stereocenters. The fraction of sp³-hybridized carbons (Fsp3) is 0.308. The normalized spacial score (nSPS) is 17.0. The molecule has 1 aromatic carbocycles. The first-order chi connectivity index (χ1) is 10.0. The molecule has 0 fully saturated rings. The standard InChI is InChI=1S/C13H16N4O3S/c1-4-20-12-11(15-21(19)16-12)14-10-7-5-6-9(8-10)13(18)17(2)3/h5-8H,4H2,1-3H3,(H,14,15). The maximum atomic E-state index is 11.9. The van der Waals surface area contributed by atoms with Crippen LogP contribution in [0.5, 0.6) is 0 Å². The van der Waals surface area contributed by atoms with E-state index in [1.165, 1.54) is 4.90 Å². The average molecular weight is 308 g/mol. The first-order valence-electron chi connectivity index (χ1n) is 6.32. The molecule has 21 heavy (non-hydrogen) atoms. The van der Waals surface area contributed by atoms with Crippen LogP contribution >= 0.6 is 0 Å². The van der Waals surface area contributed by atoms with E-state index in [0.717, 1.165) is 0 Å². The van der Waals surface area contributed by atoms with Gasteiger partial charge in [0.2, 0.25) is 5.84 Å². The average Bonchev–Trinajstić information content (AvgIpc) is 2.78. The minimum absolute atomic E-state index is 0.103. The van der Waals surface area contributed by atoms with Crippen molar-refractivity contribution in [1.29, 1.82) is 0 Å². The third-order valence-electron chi connectivity index (χ3n) is 2.59. The Kier molecular flexibility index (Phi) is 4.69. The third kappa shape index (κ3) is 3.66. The fourth-order valence-corrected chi connectivity index (χ4v) is 2.29. The predicted molar refractivity (Wildman–Crippen MR) is 82.7 cm³/mol. The van der Waals surface area contributed by atoms with E-state index in [1.54, 1.807) is 45.3 Å². The zero-order valence-electron chi connectivity index (χ0n) is 12.0. The van der Waals surface area contributed by atoms with Crippen LogP contribution in [-0.4, -0.2) is 47.5 Å². The number of hydrogen-bond acceptors (Lipinski definition) is 4. The smallest absolute Gasteiger partial charge is 0.271 e. The highest BCUT2D eigenvalue weighted by Gasteiger charge is 2.20. The highest BCUT2D eigenvalue weighted by atomic mass is 32.2. The molecule has 1 aliphatic rings. The second-order valence-electron chi connectivity index (χ2n) is 4.41. The second-order valence-corrected chi connectivity index (χ2v) is 5.23. The Hall–Kier alpha value is -2.22. The molecule has 0 aliphatic carbocycles.